The Morgan fingerprint density at radius 3 is 1.24 bits per heavy atom. The molecule has 128 valence electrons. The van der Waals surface area contributed by atoms with E-state index in [4.69, 9.17) is 0 Å². The molecule has 0 aliphatic heterocycles. The minimum atomic E-state index is -1.14. The zero-order valence-electron chi connectivity index (χ0n) is 16.6. The monoisotopic (exact) mass is 346 g/mol. The summed E-state index contributed by atoms with van der Waals surface area (Å²) in [6.07, 6.45) is 5.58. The minimum Gasteiger partial charge on any atom is -0.346 e. The Morgan fingerprint density at radius 1 is 0.524 bits per heavy atom. The number of rotatable bonds is 10. The molecule has 0 atom stereocenters. The minimum absolute atomic E-state index is 1.06. The summed E-state index contributed by atoms with van der Waals surface area (Å²) in [5.74, 6) is 0. The van der Waals surface area contributed by atoms with Crippen LogP contribution in [0, 0.1) is 0 Å². The first-order valence-electron chi connectivity index (χ1n) is 8.75. The third kappa shape index (κ3) is 9.33. The molecule has 0 spiro atoms. The Labute approximate surface area is 138 Å². The molecule has 0 fully saturated rings. The molecule has 0 amide bonds. The molecule has 0 aliphatic carbocycles. The molecule has 0 radical (unpaired) electrons. The van der Waals surface area contributed by atoms with Crippen molar-refractivity contribution in [2.45, 2.75) is 84.6 Å². The highest BCUT2D eigenvalue weighted by Gasteiger charge is 2.33. The zero-order chi connectivity index (χ0) is 16.9. The van der Waals surface area contributed by atoms with E-state index in [1.54, 1.807) is 0 Å². The fraction of sp³-hybridized carbons (Fsp3) is 1.00. The first kappa shape index (κ1) is 21.6. The van der Waals surface area contributed by atoms with Crippen LogP contribution in [0.15, 0.2) is 0 Å². The van der Waals surface area contributed by atoms with Crippen LogP contribution >= 0.6 is 0 Å². The lowest BCUT2D eigenvalue weighted by molar-refractivity contribution is 0.464. The Hall–Kier alpha value is 0.571. The second-order valence-electron chi connectivity index (χ2n) is 9.50. The molecule has 0 saturated heterocycles. The molecule has 0 aromatic rings. The van der Waals surface area contributed by atoms with Gasteiger partial charge in [-0.15, -0.1) is 0 Å². The average molecular weight is 347 g/mol. The van der Waals surface area contributed by atoms with Gasteiger partial charge in [0.25, 0.3) is 0 Å². The van der Waals surface area contributed by atoms with Gasteiger partial charge in [-0.05, 0) is 33.0 Å². The molecule has 0 bridgehead atoms. The van der Waals surface area contributed by atoms with Gasteiger partial charge >= 0.3 is 0 Å². The van der Waals surface area contributed by atoms with Crippen molar-refractivity contribution in [3.05, 3.63) is 0 Å². The largest absolute Gasteiger partial charge is 0.346 e. The van der Waals surface area contributed by atoms with E-state index in [1.807, 2.05) is 0 Å². The van der Waals surface area contributed by atoms with Crippen molar-refractivity contribution >= 4 is 24.7 Å². The molecule has 0 aliphatic rings. The molecular formula is C16H42N2Si3. The van der Waals surface area contributed by atoms with E-state index in [0.717, 1.165) is 0 Å². The van der Waals surface area contributed by atoms with E-state index in [0.29, 0.717) is 0 Å². The smallest absolute Gasteiger partial charge is 0.118 e. The van der Waals surface area contributed by atoms with Crippen molar-refractivity contribution in [2.24, 2.45) is 0 Å². The quantitative estimate of drug-likeness (QED) is 0.392. The van der Waals surface area contributed by atoms with Gasteiger partial charge in [0.2, 0.25) is 0 Å². The van der Waals surface area contributed by atoms with Crippen LogP contribution in [0.2, 0.25) is 58.9 Å². The summed E-state index contributed by atoms with van der Waals surface area (Å²) in [5, 5.41) is 0. The van der Waals surface area contributed by atoms with E-state index >= 15 is 0 Å². The lowest BCUT2D eigenvalue weighted by atomic mass is 10.2. The molecule has 0 saturated carbocycles. The van der Waals surface area contributed by atoms with Gasteiger partial charge < -0.3 is 8.80 Å². The fourth-order valence-electron chi connectivity index (χ4n) is 2.98. The summed E-state index contributed by atoms with van der Waals surface area (Å²) >= 11 is 0. The first-order chi connectivity index (χ1) is 9.26. The van der Waals surface area contributed by atoms with Crippen LogP contribution in [-0.4, -0.2) is 53.6 Å². The molecule has 0 unspecified atom stereocenters. The van der Waals surface area contributed by atoms with Crippen molar-refractivity contribution < 1.29 is 0 Å². The van der Waals surface area contributed by atoms with Crippen LogP contribution in [-0.2, 0) is 0 Å². The van der Waals surface area contributed by atoms with E-state index < -0.39 is 24.7 Å². The summed E-state index contributed by atoms with van der Waals surface area (Å²) < 4.78 is 5.54. The van der Waals surface area contributed by atoms with Crippen LogP contribution in [0.5, 0.6) is 0 Å². The third-order valence-electron chi connectivity index (χ3n) is 4.39. The second-order valence-corrected chi connectivity index (χ2v) is 24.8. The molecule has 0 aromatic heterocycles. The number of nitrogens with zero attached hydrogens (tertiary/aromatic N) is 2. The number of unbranched alkanes of at least 4 members (excludes halogenated alkanes) is 3. The van der Waals surface area contributed by atoms with Gasteiger partial charge in [0, 0.05) is 0 Å². The maximum Gasteiger partial charge on any atom is 0.118 e. The molecular weight excluding hydrogens is 304 g/mol. The Kier molecular flexibility index (Phi) is 8.66. The summed E-state index contributed by atoms with van der Waals surface area (Å²) in [6.45, 7) is 25.0. The number of hydrogen-bond acceptors (Lipinski definition) is 2. The van der Waals surface area contributed by atoms with Crippen molar-refractivity contribution in [3.8, 4) is 0 Å². The predicted octanol–water partition coefficient (Wildman–Crippen LogP) is 5.29. The van der Waals surface area contributed by atoms with Crippen molar-refractivity contribution in [2.75, 3.05) is 20.1 Å². The summed E-state index contributed by atoms with van der Waals surface area (Å²) in [7, 11) is -1.03. The van der Waals surface area contributed by atoms with Crippen LogP contribution in [0.25, 0.3) is 0 Å². The molecule has 5 heteroatoms. The standard InChI is InChI=1S/C16H42N2Si3/c1-17(19(2,3)4)15-13-11-12-14-16-18(20(5,6)7)21(8,9)10/h11-16H2,1-10H3. The molecule has 0 aromatic carbocycles. The maximum atomic E-state index is 2.92. The molecule has 0 heterocycles. The SMILES string of the molecule is CN(CCCCCCN([Si](C)(C)C)[Si](C)(C)C)[Si](C)(C)C. The van der Waals surface area contributed by atoms with Gasteiger partial charge in [0.1, 0.15) is 24.7 Å². The molecule has 2 nitrogen and oxygen atoms in total. The summed E-state index contributed by atoms with van der Waals surface area (Å²) in [5.41, 5.74) is 0. The van der Waals surface area contributed by atoms with Crippen LogP contribution < -0.4 is 0 Å². The molecule has 21 heavy (non-hydrogen) atoms. The second kappa shape index (κ2) is 8.43. The van der Waals surface area contributed by atoms with Gasteiger partial charge in [-0.1, -0.05) is 71.8 Å². The highest BCUT2D eigenvalue weighted by Crippen LogP contribution is 2.20. The predicted molar refractivity (Wildman–Crippen MR) is 108 cm³/mol. The lowest BCUT2D eigenvalue weighted by Gasteiger charge is -2.43. The maximum absolute atomic E-state index is 2.92. The van der Waals surface area contributed by atoms with Gasteiger partial charge in [-0.25, -0.2) is 0 Å². The Balaban J connectivity index is 3.99. The van der Waals surface area contributed by atoms with Crippen molar-refractivity contribution in [1.29, 1.82) is 0 Å². The summed E-state index contributed by atoms with van der Waals surface area (Å²) in [6, 6.07) is 0. The first-order valence-corrected chi connectivity index (χ1v) is 19.1. The Morgan fingerprint density at radius 2 is 0.905 bits per heavy atom. The van der Waals surface area contributed by atoms with Crippen LogP contribution in [0.4, 0.5) is 0 Å². The van der Waals surface area contributed by atoms with Crippen LogP contribution in [0.1, 0.15) is 25.7 Å². The lowest BCUT2D eigenvalue weighted by Crippen LogP contribution is -2.59. The van der Waals surface area contributed by atoms with E-state index in [9.17, 15) is 0 Å². The Bertz CT molecular complexity index is 273. The highest BCUT2D eigenvalue weighted by molar-refractivity contribution is 6.89. The van der Waals surface area contributed by atoms with Gasteiger partial charge in [0.15, 0.2) is 0 Å². The third-order valence-corrected chi connectivity index (χ3v) is 14.6. The van der Waals surface area contributed by atoms with Crippen molar-refractivity contribution in [3.63, 3.8) is 0 Å². The zero-order valence-corrected chi connectivity index (χ0v) is 19.6. The normalized spacial score (nSPS) is 14.3. The van der Waals surface area contributed by atoms with Gasteiger partial charge in [-0.2, -0.15) is 0 Å². The fourth-order valence-corrected chi connectivity index (χ4v) is 13.5. The van der Waals surface area contributed by atoms with Crippen molar-refractivity contribution in [1.82, 2.24) is 8.80 Å². The average Bonchev–Trinajstić information content (AvgIpc) is 2.22. The molecule has 0 N–H and O–H groups in total. The summed E-state index contributed by atoms with van der Waals surface area (Å²) in [4.78, 5) is 0. The number of hydrogen-bond donors (Lipinski definition) is 0. The van der Waals surface area contributed by atoms with E-state index in [2.05, 4.69) is 74.8 Å². The van der Waals surface area contributed by atoms with E-state index in [1.165, 1.54) is 38.8 Å². The van der Waals surface area contributed by atoms with Gasteiger partial charge in [-0.3, -0.25) is 0 Å². The van der Waals surface area contributed by atoms with Crippen LogP contribution in [0.3, 0.4) is 0 Å². The topological polar surface area (TPSA) is 6.48 Å². The highest BCUT2D eigenvalue weighted by atomic mass is 28.4. The molecule has 0 rings (SSSR count). The van der Waals surface area contributed by atoms with E-state index in [-0.39, 0.29) is 0 Å². The van der Waals surface area contributed by atoms with Gasteiger partial charge in [0.05, 0.1) is 0 Å².